The van der Waals surface area contributed by atoms with Crippen LogP contribution in [-0.2, 0) is 9.47 Å². The van der Waals surface area contributed by atoms with Crippen molar-refractivity contribution < 1.29 is 9.47 Å². The van der Waals surface area contributed by atoms with Crippen molar-refractivity contribution in [2.75, 3.05) is 26.4 Å². The van der Waals surface area contributed by atoms with Crippen LogP contribution in [0.5, 0.6) is 0 Å². The van der Waals surface area contributed by atoms with Gasteiger partial charge in [-0.3, -0.25) is 0 Å². The van der Waals surface area contributed by atoms with Crippen molar-refractivity contribution in [1.82, 2.24) is 0 Å². The van der Waals surface area contributed by atoms with Gasteiger partial charge in [-0.2, -0.15) is 0 Å². The number of methoxy groups -OCH3 is 2. The first-order valence-electron chi connectivity index (χ1n) is 1.93. The van der Waals surface area contributed by atoms with Gasteiger partial charge >= 0.3 is 0 Å². The summed E-state index contributed by atoms with van der Waals surface area (Å²) < 4.78 is 8.61. The topological polar surface area (TPSA) is 18.5 Å². The Kier molecular flexibility index (Phi) is 22.1. The van der Waals surface area contributed by atoms with E-state index in [1.165, 1.54) is 0 Å². The lowest BCUT2D eigenvalue weighted by Crippen LogP contribution is -1.68. The molecule has 0 spiro atoms. The molecule has 0 aliphatic carbocycles. The Morgan fingerprint density at radius 3 is 1.12 bits per heavy atom. The molecule has 0 unspecified atom stereocenters. The lowest BCUT2D eigenvalue weighted by molar-refractivity contribution is 0.254. The second-order valence-electron chi connectivity index (χ2n) is 0.796. The van der Waals surface area contributed by atoms with E-state index in [-0.39, 0.29) is 0 Å². The summed E-state index contributed by atoms with van der Waals surface area (Å²) in [5.41, 5.74) is 0. The van der Waals surface area contributed by atoms with Crippen LogP contribution in [-0.4, -0.2) is 26.4 Å². The van der Waals surface area contributed by atoms with Gasteiger partial charge < -0.3 is 9.47 Å². The highest BCUT2D eigenvalue weighted by Crippen LogP contribution is 1.67. The minimum atomic E-state index is 0.292. The third-order valence-electron chi connectivity index (χ3n) is 0.218. The average molecular weight is 161 g/mol. The molecule has 0 amide bonds. The molecule has 52 valence electrons. The third-order valence-corrected chi connectivity index (χ3v) is 0.655. The largest absolute Gasteiger partial charge is 0.369 e. The van der Waals surface area contributed by atoms with Gasteiger partial charge in [0.1, 0.15) is 12.1 Å². The Morgan fingerprint density at radius 1 is 1.00 bits per heavy atom. The highest BCUT2D eigenvalue weighted by molar-refractivity contribution is 6.17. The van der Waals surface area contributed by atoms with Crippen LogP contribution in [0.3, 0.4) is 0 Å². The van der Waals surface area contributed by atoms with Gasteiger partial charge in [-0.1, -0.05) is 23.2 Å². The molecule has 0 aromatic rings. The van der Waals surface area contributed by atoms with E-state index in [4.69, 9.17) is 23.2 Å². The molecule has 0 rings (SSSR count). The smallest absolute Gasteiger partial charge is 0.120 e. The molecule has 8 heavy (non-hydrogen) atoms. The molecular weight excluding hydrogens is 151 g/mol. The summed E-state index contributed by atoms with van der Waals surface area (Å²) in [5, 5.41) is 0. The molecule has 2 nitrogen and oxygen atoms in total. The van der Waals surface area contributed by atoms with E-state index in [0.717, 1.165) is 0 Å². The first-order chi connectivity index (χ1) is 3.83. The fraction of sp³-hybridized carbons (Fsp3) is 1.00. The van der Waals surface area contributed by atoms with E-state index in [2.05, 4.69) is 9.47 Å². The van der Waals surface area contributed by atoms with E-state index in [1.54, 1.807) is 14.2 Å². The fourth-order valence-corrected chi connectivity index (χ4v) is 0. The predicted molar refractivity (Wildman–Crippen MR) is 35.5 cm³/mol. The number of hydrogen-bond acceptors (Lipinski definition) is 2. The first kappa shape index (κ1) is 11.3. The van der Waals surface area contributed by atoms with Gasteiger partial charge in [-0.15, -0.1) is 0 Å². The summed E-state index contributed by atoms with van der Waals surface area (Å²) >= 11 is 9.93. The van der Waals surface area contributed by atoms with Gasteiger partial charge in [0.05, 0.1) is 0 Å². The van der Waals surface area contributed by atoms with Crippen molar-refractivity contribution >= 4 is 23.2 Å². The molecule has 0 N–H and O–H groups in total. The molecular formula is C4H10Cl2O2. The fourth-order valence-electron chi connectivity index (χ4n) is 0. The Labute approximate surface area is 59.7 Å². The Bertz CT molecular complexity index is 20.0. The zero-order valence-electron chi connectivity index (χ0n) is 4.99. The second-order valence-corrected chi connectivity index (χ2v) is 1.23. The number of rotatable bonds is 2. The normalized spacial score (nSPS) is 7.50. The van der Waals surface area contributed by atoms with Gasteiger partial charge in [0.2, 0.25) is 0 Å². The number of alkyl halides is 2. The molecule has 0 aromatic carbocycles. The highest BCUT2D eigenvalue weighted by atomic mass is 35.5. The third kappa shape index (κ3) is 31.5. The monoisotopic (exact) mass is 160 g/mol. The van der Waals surface area contributed by atoms with E-state index in [1.807, 2.05) is 0 Å². The molecule has 0 heterocycles. The molecule has 0 saturated carbocycles. The summed E-state index contributed by atoms with van der Waals surface area (Å²) in [6.07, 6.45) is 0. The molecule has 0 saturated heterocycles. The average Bonchev–Trinajstić information content (AvgIpc) is 1.88. The molecule has 0 aliphatic heterocycles. The van der Waals surface area contributed by atoms with Gasteiger partial charge in [-0.05, 0) is 0 Å². The Balaban J connectivity index is 0. The summed E-state index contributed by atoms with van der Waals surface area (Å²) in [6, 6.07) is 0.583. The zero-order valence-corrected chi connectivity index (χ0v) is 6.50. The first-order valence-corrected chi connectivity index (χ1v) is 3.00. The van der Waals surface area contributed by atoms with Crippen molar-refractivity contribution in [3.05, 3.63) is 0 Å². The van der Waals surface area contributed by atoms with E-state index >= 15 is 0 Å². The number of halogens is 2. The van der Waals surface area contributed by atoms with E-state index in [9.17, 15) is 0 Å². The van der Waals surface area contributed by atoms with Crippen molar-refractivity contribution in [2.45, 2.75) is 0 Å². The van der Waals surface area contributed by atoms with Crippen LogP contribution in [0, 0.1) is 0 Å². The van der Waals surface area contributed by atoms with Crippen molar-refractivity contribution in [1.29, 1.82) is 0 Å². The molecule has 0 aliphatic rings. The standard InChI is InChI=1S/2C2H5ClO/c2*1-4-2-3/h2*2H2,1H3. The van der Waals surface area contributed by atoms with Crippen LogP contribution in [0.2, 0.25) is 0 Å². The lowest BCUT2D eigenvalue weighted by atomic mass is 11.5. The van der Waals surface area contributed by atoms with Crippen LogP contribution >= 0.6 is 23.2 Å². The number of hydrogen-bond donors (Lipinski definition) is 0. The quantitative estimate of drug-likeness (QED) is 0.573. The Hall–Kier alpha value is 0.500. The van der Waals surface area contributed by atoms with Gasteiger partial charge in [0.15, 0.2) is 0 Å². The van der Waals surface area contributed by atoms with E-state index in [0.29, 0.717) is 12.1 Å². The van der Waals surface area contributed by atoms with Crippen LogP contribution in [0.1, 0.15) is 0 Å². The lowest BCUT2D eigenvalue weighted by Gasteiger charge is -1.74. The van der Waals surface area contributed by atoms with Crippen molar-refractivity contribution in [2.24, 2.45) is 0 Å². The van der Waals surface area contributed by atoms with Crippen LogP contribution in [0.4, 0.5) is 0 Å². The van der Waals surface area contributed by atoms with Crippen LogP contribution in [0.25, 0.3) is 0 Å². The van der Waals surface area contributed by atoms with Crippen LogP contribution in [0.15, 0.2) is 0 Å². The molecule has 0 atom stereocenters. The molecule has 0 aromatic heterocycles. The second kappa shape index (κ2) is 15.6. The molecule has 0 bridgehead atoms. The SMILES string of the molecule is COCCl.COCCl. The summed E-state index contributed by atoms with van der Waals surface area (Å²) in [5.74, 6) is 0. The molecule has 4 heteroatoms. The maximum absolute atomic E-state index is 4.96. The molecule has 0 fully saturated rings. The van der Waals surface area contributed by atoms with Gasteiger partial charge in [-0.25, -0.2) is 0 Å². The summed E-state index contributed by atoms with van der Waals surface area (Å²) in [6.45, 7) is 0. The number of ether oxygens (including phenoxy) is 2. The van der Waals surface area contributed by atoms with Gasteiger partial charge in [0.25, 0.3) is 0 Å². The summed E-state index contributed by atoms with van der Waals surface area (Å²) in [7, 11) is 3.10. The van der Waals surface area contributed by atoms with E-state index < -0.39 is 0 Å². The zero-order chi connectivity index (χ0) is 6.83. The minimum absolute atomic E-state index is 0.292. The van der Waals surface area contributed by atoms with Crippen molar-refractivity contribution in [3.63, 3.8) is 0 Å². The maximum atomic E-state index is 4.96. The summed E-state index contributed by atoms with van der Waals surface area (Å²) in [4.78, 5) is 0. The Morgan fingerprint density at radius 2 is 1.12 bits per heavy atom. The minimum Gasteiger partial charge on any atom is -0.369 e. The van der Waals surface area contributed by atoms with Crippen LogP contribution < -0.4 is 0 Å². The maximum Gasteiger partial charge on any atom is 0.120 e. The highest BCUT2D eigenvalue weighted by Gasteiger charge is 1.54. The van der Waals surface area contributed by atoms with Gasteiger partial charge in [0, 0.05) is 14.2 Å². The van der Waals surface area contributed by atoms with Crippen molar-refractivity contribution in [3.8, 4) is 0 Å². The predicted octanol–water partition coefficient (Wildman–Crippen LogP) is 1.66. The molecule has 0 radical (unpaired) electrons.